The van der Waals surface area contributed by atoms with Crippen LogP contribution in [0.1, 0.15) is 11.5 Å². The van der Waals surface area contributed by atoms with E-state index in [1.54, 1.807) is 14.2 Å². The van der Waals surface area contributed by atoms with Gasteiger partial charge < -0.3 is 9.47 Å². The fourth-order valence-electron chi connectivity index (χ4n) is 1.96. The number of benzene rings is 1. The second kappa shape index (κ2) is 4.00. The lowest BCUT2D eigenvalue weighted by Gasteiger charge is -2.07. The van der Waals surface area contributed by atoms with E-state index >= 15 is 0 Å². The normalized spacial score (nSPS) is 10.5. The SMILES string of the molecule is COc1ccc(OC)c2c(C)[o+]c(C)cc12. The van der Waals surface area contributed by atoms with Crippen molar-refractivity contribution in [2.24, 2.45) is 0 Å². The Balaban J connectivity index is 2.90. The summed E-state index contributed by atoms with van der Waals surface area (Å²) >= 11 is 0. The lowest BCUT2D eigenvalue weighted by molar-refractivity contribution is 0.407. The minimum atomic E-state index is 0.803. The molecule has 0 saturated carbocycles. The molecule has 0 N–H and O–H groups in total. The highest BCUT2D eigenvalue weighted by atomic mass is 16.5. The van der Waals surface area contributed by atoms with Crippen LogP contribution in [0.3, 0.4) is 0 Å². The van der Waals surface area contributed by atoms with Crippen LogP contribution >= 0.6 is 0 Å². The molecule has 0 aliphatic heterocycles. The van der Waals surface area contributed by atoms with Crippen molar-refractivity contribution in [1.29, 1.82) is 0 Å². The zero-order valence-electron chi connectivity index (χ0n) is 9.96. The van der Waals surface area contributed by atoms with Gasteiger partial charge >= 0.3 is 11.5 Å². The predicted molar refractivity (Wildman–Crippen MR) is 63.2 cm³/mol. The van der Waals surface area contributed by atoms with Crippen molar-refractivity contribution in [2.45, 2.75) is 13.8 Å². The molecular weight excluding hydrogens is 204 g/mol. The van der Waals surface area contributed by atoms with Crippen LogP contribution in [-0.4, -0.2) is 14.2 Å². The summed E-state index contributed by atoms with van der Waals surface area (Å²) in [5.41, 5.74) is 0. The van der Waals surface area contributed by atoms with Gasteiger partial charge in [-0.2, -0.15) is 0 Å². The quantitative estimate of drug-likeness (QED) is 0.725. The molecule has 1 heterocycles. The third-order valence-corrected chi connectivity index (χ3v) is 2.62. The van der Waals surface area contributed by atoms with E-state index in [2.05, 4.69) is 0 Å². The number of hydrogen-bond donors (Lipinski definition) is 0. The molecule has 16 heavy (non-hydrogen) atoms. The molecule has 0 amide bonds. The van der Waals surface area contributed by atoms with Gasteiger partial charge in [-0.25, -0.2) is 4.42 Å². The first-order valence-corrected chi connectivity index (χ1v) is 5.12. The molecule has 3 heteroatoms. The third-order valence-electron chi connectivity index (χ3n) is 2.62. The second-order valence-electron chi connectivity index (χ2n) is 3.67. The summed E-state index contributed by atoms with van der Waals surface area (Å²) in [6.07, 6.45) is 0. The van der Waals surface area contributed by atoms with Crippen molar-refractivity contribution < 1.29 is 13.9 Å². The Hall–Kier alpha value is -1.77. The van der Waals surface area contributed by atoms with Gasteiger partial charge in [-0.05, 0) is 12.1 Å². The molecule has 84 valence electrons. The molecule has 0 bridgehead atoms. The molecule has 0 radical (unpaired) electrons. The van der Waals surface area contributed by atoms with E-state index in [1.165, 1.54) is 0 Å². The predicted octanol–water partition coefficient (Wildman–Crippen LogP) is 3.35. The summed E-state index contributed by atoms with van der Waals surface area (Å²) in [6.45, 7) is 3.85. The Bertz CT molecular complexity index is 532. The lowest BCUT2D eigenvalue weighted by atomic mass is 10.1. The molecular formula is C13H15O3+. The van der Waals surface area contributed by atoms with E-state index in [0.29, 0.717) is 0 Å². The fourth-order valence-corrected chi connectivity index (χ4v) is 1.96. The Labute approximate surface area is 94.6 Å². The van der Waals surface area contributed by atoms with Crippen molar-refractivity contribution in [2.75, 3.05) is 14.2 Å². The van der Waals surface area contributed by atoms with Crippen LogP contribution in [0.15, 0.2) is 22.6 Å². The van der Waals surface area contributed by atoms with Crippen molar-refractivity contribution in [3.05, 3.63) is 29.7 Å². The van der Waals surface area contributed by atoms with E-state index in [0.717, 1.165) is 33.8 Å². The van der Waals surface area contributed by atoms with Gasteiger partial charge in [0.05, 0.1) is 28.1 Å². The van der Waals surface area contributed by atoms with Crippen molar-refractivity contribution >= 4 is 10.8 Å². The minimum absolute atomic E-state index is 0.803. The highest BCUT2D eigenvalue weighted by Crippen LogP contribution is 2.35. The standard InChI is InChI=1S/C13H15O3/c1-8-7-10-11(14-3)5-6-12(15-4)13(10)9(2)16-8/h5-7H,1-4H3/q+1. The Kier molecular flexibility index (Phi) is 2.69. The third kappa shape index (κ3) is 1.58. The molecule has 0 aliphatic rings. The first kappa shape index (κ1) is 10.7. The number of hydrogen-bond acceptors (Lipinski definition) is 2. The molecule has 2 rings (SSSR count). The first-order chi connectivity index (χ1) is 7.67. The van der Waals surface area contributed by atoms with E-state index in [9.17, 15) is 0 Å². The molecule has 0 atom stereocenters. The number of methoxy groups -OCH3 is 2. The summed E-state index contributed by atoms with van der Waals surface area (Å²) in [4.78, 5) is 0. The van der Waals surface area contributed by atoms with Crippen LogP contribution < -0.4 is 9.47 Å². The summed E-state index contributed by atoms with van der Waals surface area (Å²) in [5, 5.41) is 1.98. The van der Waals surface area contributed by atoms with E-state index in [-0.39, 0.29) is 0 Å². The van der Waals surface area contributed by atoms with Gasteiger partial charge in [-0.1, -0.05) is 0 Å². The van der Waals surface area contributed by atoms with Gasteiger partial charge in [0.15, 0.2) is 0 Å². The van der Waals surface area contributed by atoms with Crippen molar-refractivity contribution in [3.8, 4) is 11.5 Å². The van der Waals surface area contributed by atoms with Crippen LogP contribution in [0, 0.1) is 13.8 Å². The first-order valence-electron chi connectivity index (χ1n) is 5.12. The number of rotatable bonds is 2. The zero-order valence-corrected chi connectivity index (χ0v) is 9.96. The van der Waals surface area contributed by atoms with Gasteiger partial charge in [0.25, 0.3) is 0 Å². The second-order valence-corrected chi connectivity index (χ2v) is 3.67. The van der Waals surface area contributed by atoms with Crippen LogP contribution in [0.4, 0.5) is 0 Å². The average molecular weight is 219 g/mol. The molecule has 0 fully saturated rings. The topological polar surface area (TPSA) is 29.8 Å². The van der Waals surface area contributed by atoms with Gasteiger partial charge in [0.2, 0.25) is 0 Å². The van der Waals surface area contributed by atoms with Crippen molar-refractivity contribution in [1.82, 2.24) is 0 Å². The smallest absolute Gasteiger partial charge is 0.338 e. The van der Waals surface area contributed by atoms with Gasteiger partial charge in [-0.3, -0.25) is 0 Å². The number of fused-ring (bicyclic) bond motifs is 1. The lowest BCUT2D eigenvalue weighted by Crippen LogP contribution is -1.92. The minimum Gasteiger partial charge on any atom is -0.496 e. The molecule has 0 saturated heterocycles. The molecule has 1 aromatic heterocycles. The molecule has 1 aromatic carbocycles. The highest BCUT2D eigenvalue weighted by molar-refractivity contribution is 5.94. The number of ether oxygens (including phenoxy) is 2. The van der Waals surface area contributed by atoms with Crippen LogP contribution in [-0.2, 0) is 0 Å². The largest absolute Gasteiger partial charge is 0.496 e. The van der Waals surface area contributed by atoms with Gasteiger partial charge in [0, 0.05) is 11.5 Å². The molecule has 0 aliphatic carbocycles. The monoisotopic (exact) mass is 219 g/mol. The molecule has 0 spiro atoms. The molecule has 3 nitrogen and oxygen atoms in total. The Morgan fingerprint density at radius 2 is 1.62 bits per heavy atom. The average Bonchev–Trinajstić information content (AvgIpc) is 2.27. The maximum absolute atomic E-state index is 5.60. The zero-order chi connectivity index (χ0) is 11.7. The maximum atomic E-state index is 5.60. The van der Waals surface area contributed by atoms with Crippen molar-refractivity contribution in [3.63, 3.8) is 0 Å². The highest BCUT2D eigenvalue weighted by Gasteiger charge is 2.18. The van der Waals surface area contributed by atoms with Crippen LogP contribution in [0.2, 0.25) is 0 Å². The Morgan fingerprint density at radius 1 is 1.00 bits per heavy atom. The molecule has 0 unspecified atom stereocenters. The molecule has 2 aromatic rings. The summed E-state index contributed by atoms with van der Waals surface area (Å²) in [6, 6.07) is 5.75. The summed E-state index contributed by atoms with van der Waals surface area (Å²) in [7, 11) is 3.32. The number of aryl methyl sites for hydroxylation is 2. The Morgan fingerprint density at radius 3 is 2.25 bits per heavy atom. The van der Waals surface area contributed by atoms with Crippen LogP contribution in [0.25, 0.3) is 10.8 Å². The summed E-state index contributed by atoms with van der Waals surface area (Å²) < 4.78 is 16.3. The van der Waals surface area contributed by atoms with Crippen LogP contribution in [0.5, 0.6) is 11.5 Å². The fraction of sp³-hybridized carbons (Fsp3) is 0.308. The van der Waals surface area contributed by atoms with Gasteiger partial charge in [0.1, 0.15) is 16.9 Å². The maximum Gasteiger partial charge on any atom is 0.338 e. The van der Waals surface area contributed by atoms with E-state index in [4.69, 9.17) is 13.9 Å². The van der Waals surface area contributed by atoms with E-state index in [1.807, 2.05) is 32.0 Å². The van der Waals surface area contributed by atoms with E-state index < -0.39 is 0 Å². The summed E-state index contributed by atoms with van der Waals surface area (Å²) in [5.74, 6) is 3.33. The van der Waals surface area contributed by atoms with Gasteiger partial charge in [-0.15, -0.1) is 0 Å².